The topological polar surface area (TPSA) is 59.3 Å². The Balaban J connectivity index is 0.00000220. The van der Waals surface area contributed by atoms with Gasteiger partial charge in [-0.15, -0.1) is 24.8 Å². The number of nitrogens with one attached hydrogen (secondary N) is 1. The average molecular weight is 541 g/mol. The van der Waals surface area contributed by atoms with Gasteiger partial charge < -0.3 is 10.4 Å². The number of phenols is 1. The summed E-state index contributed by atoms with van der Waals surface area (Å²) in [6, 6.07) is 4.04. The van der Waals surface area contributed by atoms with Crippen molar-refractivity contribution in [3.8, 4) is 11.8 Å². The third-order valence-corrected chi connectivity index (χ3v) is 5.45. The zero-order chi connectivity index (χ0) is 14.7. The molecule has 0 spiro atoms. The molecule has 4 nitrogen and oxygen atoms in total. The van der Waals surface area contributed by atoms with Crippen molar-refractivity contribution in [1.29, 1.82) is 5.26 Å². The molecule has 1 aliphatic heterocycles. The van der Waals surface area contributed by atoms with Gasteiger partial charge in [0, 0.05) is 36.2 Å². The zero-order valence-corrected chi connectivity index (χ0v) is 17.9. The van der Waals surface area contributed by atoms with Crippen LogP contribution in [0.1, 0.15) is 18.0 Å². The van der Waals surface area contributed by atoms with Crippen molar-refractivity contribution < 1.29 is 5.11 Å². The summed E-state index contributed by atoms with van der Waals surface area (Å²) in [5, 5.41) is 22.5. The van der Waals surface area contributed by atoms with E-state index in [-0.39, 0.29) is 36.6 Å². The van der Waals surface area contributed by atoms with Crippen LogP contribution in [0.4, 0.5) is 0 Å². The molecule has 9 heteroatoms. The number of piperazine rings is 1. The minimum Gasteiger partial charge on any atom is -0.506 e. The summed E-state index contributed by atoms with van der Waals surface area (Å²) in [6.07, 6.45) is 0.387. The molecule has 0 amide bonds. The second-order valence-electron chi connectivity index (χ2n) is 4.58. The molecule has 0 saturated carbocycles. The van der Waals surface area contributed by atoms with E-state index in [1.165, 1.54) is 0 Å². The van der Waals surface area contributed by atoms with Gasteiger partial charge in [-0.1, -0.05) is 15.9 Å². The summed E-state index contributed by atoms with van der Waals surface area (Å²) in [7, 11) is 0. The van der Waals surface area contributed by atoms with Gasteiger partial charge in [0.05, 0.1) is 27.5 Å². The highest BCUT2D eigenvalue weighted by atomic mass is 79.9. The van der Waals surface area contributed by atoms with Gasteiger partial charge >= 0.3 is 0 Å². The highest BCUT2D eigenvalue weighted by Crippen LogP contribution is 2.44. The normalized spacial score (nSPS) is 16.1. The van der Waals surface area contributed by atoms with Crippen LogP contribution in [-0.4, -0.2) is 36.2 Å². The summed E-state index contributed by atoms with van der Waals surface area (Å²) >= 11 is 10.3. The third kappa shape index (κ3) is 4.97. The summed E-state index contributed by atoms with van der Waals surface area (Å²) < 4.78 is 2.14. The van der Waals surface area contributed by atoms with Gasteiger partial charge in [0.1, 0.15) is 5.75 Å². The van der Waals surface area contributed by atoms with Crippen LogP contribution in [0.2, 0.25) is 0 Å². The Labute approximate surface area is 167 Å². The van der Waals surface area contributed by atoms with E-state index in [2.05, 4.69) is 64.1 Å². The van der Waals surface area contributed by atoms with E-state index in [0.717, 1.165) is 36.2 Å². The van der Waals surface area contributed by atoms with Gasteiger partial charge in [0.25, 0.3) is 0 Å². The van der Waals surface area contributed by atoms with Crippen LogP contribution < -0.4 is 5.32 Å². The van der Waals surface area contributed by atoms with Gasteiger partial charge in [-0.3, -0.25) is 4.90 Å². The summed E-state index contributed by atoms with van der Waals surface area (Å²) in [5.41, 5.74) is 0.925. The predicted molar refractivity (Wildman–Crippen MR) is 103 cm³/mol. The molecule has 1 heterocycles. The van der Waals surface area contributed by atoms with E-state index in [4.69, 9.17) is 5.26 Å². The maximum atomic E-state index is 10.1. The Morgan fingerprint density at radius 1 is 1.23 bits per heavy atom. The number of nitrogens with zero attached hydrogens (tertiary/aromatic N) is 2. The first kappa shape index (κ1) is 22.4. The average Bonchev–Trinajstić information content (AvgIpc) is 2.45. The molecule has 0 aliphatic carbocycles. The number of aromatic hydroxyl groups is 1. The minimum atomic E-state index is -0.0372. The maximum Gasteiger partial charge on any atom is 0.144 e. The highest BCUT2D eigenvalue weighted by molar-refractivity contribution is 9.11. The molecule has 2 N–H and O–H groups in total. The number of benzene rings is 1. The van der Waals surface area contributed by atoms with E-state index in [0.29, 0.717) is 15.4 Å². The molecule has 1 fully saturated rings. The molecule has 2 rings (SSSR count). The molecule has 1 saturated heterocycles. The lowest BCUT2D eigenvalue weighted by molar-refractivity contribution is 0.174. The Morgan fingerprint density at radius 3 is 2.36 bits per heavy atom. The molecular formula is C13H16Br3Cl2N3O. The van der Waals surface area contributed by atoms with Crippen molar-refractivity contribution in [2.45, 2.75) is 12.5 Å². The van der Waals surface area contributed by atoms with Gasteiger partial charge in [0.15, 0.2) is 0 Å². The highest BCUT2D eigenvalue weighted by Gasteiger charge is 2.27. The van der Waals surface area contributed by atoms with E-state index in [1.807, 2.05) is 6.07 Å². The van der Waals surface area contributed by atoms with Crippen LogP contribution in [0, 0.1) is 11.3 Å². The molecule has 1 aliphatic rings. The van der Waals surface area contributed by atoms with Gasteiger partial charge in [-0.25, -0.2) is 0 Å². The molecule has 0 bridgehead atoms. The number of hydrogen-bond acceptors (Lipinski definition) is 4. The Hall–Kier alpha value is 0.450. The molecule has 22 heavy (non-hydrogen) atoms. The monoisotopic (exact) mass is 537 g/mol. The van der Waals surface area contributed by atoms with Crippen molar-refractivity contribution in [2.75, 3.05) is 26.2 Å². The molecule has 0 unspecified atom stereocenters. The fraction of sp³-hybridized carbons (Fsp3) is 0.462. The summed E-state index contributed by atoms with van der Waals surface area (Å²) in [6.45, 7) is 3.61. The molecule has 124 valence electrons. The van der Waals surface area contributed by atoms with Crippen LogP contribution in [0.3, 0.4) is 0 Å². The summed E-state index contributed by atoms with van der Waals surface area (Å²) in [4.78, 5) is 2.28. The summed E-state index contributed by atoms with van der Waals surface area (Å²) in [5.74, 6) is 0.168. The molecule has 1 aromatic rings. The molecular weight excluding hydrogens is 525 g/mol. The van der Waals surface area contributed by atoms with Gasteiger partial charge in [-0.05, 0) is 37.9 Å². The van der Waals surface area contributed by atoms with E-state index in [9.17, 15) is 5.11 Å². The fourth-order valence-corrected chi connectivity index (χ4v) is 5.04. The number of nitriles is 1. The quantitative estimate of drug-likeness (QED) is 0.597. The number of phenolic OH excluding ortho intramolecular Hbond substituents is 1. The molecule has 1 atom stereocenters. The molecule has 0 aromatic heterocycles. The lowest BCUT2D eigenvalue weighted by Crippen LogP contribution is -2.45. The number of hydrogen-bond donors (Lipinski definition) is 2. The maximum absolute atomic E-state index is 10.1. The number of halogens is 5. The van der Waals surface area contributed by atoms with Crippen molar-refractivity contribution in [1.82, 2.24) is 10.2 Å². The second-order valence-corrected chi connectivity index (χ2v) is 7.08. The number of rotatable bonds is 3. The first-order valence-corrected chi connectivity index (χ1v) is 8.62. The predicted octanol–water partition coefficient (Wildman–Crippen LogP) is 4.38. The van der Waals surface area contributed by atoms with Crippen molar-refractivity contribution in [3.05, 3.63) is 25.0 Å². The van der Waals surface area contributed by atoms with Crippen molar-refractivity contribution in [2.24, 2.45) is 0 Å². The lowest BCUT2D eigenvalue weighted by atomic mass is 10.0. The first-order chi connectivity index (χ1) is 9.56. The van der Waals surface area contributed by atoms with E-state index >= 15 is 0 Å². The van der Waals surface area contributed by atoms with Crippen LogP contribution in [0.5, 0.6) is 5.75 Å². The molecule has 1 aromatic carbocycles. The minimum absolute atomic E-state index is 0. The standard InChI is InChI=1S/C13H14Br3N3O.2ClH/c14-8-7-9(15)13(20)12(16)11(8)10(1-2-17)19-5-3-18-4-6-19;;/h7,10,18,20H,1,3-6H2;2*1H/t10-;;/m0../s1. The largest absolute Gasteiger partial charge is 0.506 e. The Bertz CT molecular complexity index is 548. The SMILES string of the molecule is Cl.Cl.N#CC[C@@H](c1c(Br)cc(Br)c(O)c1Br)N1CCNCC1. The fourth-order valence-electron chi connectivity index (χ4n) is 2.39. The first-order valence-electron chi connectivity index (χ1n) is 6.24. The third-order valence-electron chi connectivity index (χ3n) is 3.39. The van der Waals surface area contributed by atoms with E-state index in [1.54, 1.807) is 0 Å². The second kappa shape index (κ2) is 10.3. The lowest BCUT2D eigenvalue weighted by Gasteiger charge is -2.35. The smallest absolute Gasteiger partial charge is 0.144 e. The van der Waals surface area contributed by atoms with Crippen LogP contribution in [0.25, 0.3) is 0 Å². The van der Waals surface area contributed by atoms with E-state index < -0.39 is 0 Å². The Kier molecular flexibility index (Phi) is 10.6. The van der Waals surface area contributed by atoms with Crippen molar-refractivity contribution in [3.63, 3.8) is 0 Å². The Morgan fingerprint density at radius 2 is 1.82 bits per heavy atom. The van der Waals surface area contributed by atoms with Gasteiger partial charge in [-0.2, -0.15) is 5.26 Å². The zero-order valence-electron chi connectivity index (χ0n) is 11.5. The van der Waals surface area contributed by atoms with Crippen LogP contribution in [-0.2, 0) is 0 Å². The molecule has 0 radical (unpaired) electrons. The van der Waals surface area contributed by atoms with Crippen LogP contribution in [0.15, 0.2) is 19.5 Å². The van der Waals surface area contributed by atoms with Crippen LogP contribution >= 0.6 is 72.6 Å². The van der Waals surface area contributed by atoms with Crippen molar-refractivity contribution >= 4 is 72.6 Å². The van der Waals surface area contributed by atoms with Gasteiger partial charge in [0.2, 0.25) is 0 Å².